The molecule has 0 radical (unpaired) electrons. The van der Waals surface area contributed by atoms with Crippen LogP contribution >= 0.6 is 0 Å². The third-order valence-corrected chi connectivity index (χ3v) is 5.40. The summed E-state index contributed by atoms with van der Waals surface area (Å²) in [6.07, 6.45) is -3.37. The fraction of sp³-hybridized carbons (Fsp3) is 0.524. The van der Waals surface area contributed by atoms with E-state index >= 15 is 0 Å². The fourth-order valence-electron chi connectivity index (χ4n) is 3.83. The van der Waals surface area contributed by atoms with Gasteiger partial charge in [-0.15, -0.1) is 0 Å². The van der Waals surface area contributed by atoms with Gasteiger partial charge in [-0.25, -0.2) is 19.6 Å². The number of ether oxygens (including phenoxy) is 2. The van der Waals surface area contributed by atoms with E-state index in [0.717, 1.165) is 19.0 Å². The third-order valence-electron chi connectivity index (χ3n) is 5.40. The number of halogens is 6. The molecular weight excluding hydrogens is 482 g/mol. The Kier molecular flexibility index (Phi) is 7.28. The molecular formula is C21H22F6N6O2. The monoisotopic (exact) mass is 504 g/mol. The van der Waals surface area contributed by atoms with Crippen molar-refractivity contribution in [2.24, 2.45) is 5.92 Å². The Morgan fingerprint density at radius 1 is 1.09 bits per heavy atom. The van der Waals surface area contributed by atoms with Crippen LogP contribution in [0.4, 0.5) is 32.2 Å². The van der Waals surface area contributed by atoms with Gasteiger partial charge in [-0.05, 0) is 25.0 Å². The standard InChI is InChI=1S/C21H22F6N6O2/c22-20(23,24)13-34-8-7-33-19-15(9-30-33)29-10-17(31-19)32-6-2-3-14(11-32)12-35-16-4-1-5-28-18(16)21(25,26)27/h1,4-5,9-10,14H,2-3,6-8,11-13H2. The van der Waals surface area contributed by atoms with Gasteiger partial charge >= 0.3 is 12.4 Å². The summed E-state index contributed by atoms with van der Waals surface area (Å²) in [5.41, 5.74) is -0.171. The lowest BCUT2D eigenvalue weighted by Crippen LogP contribution is -2.38. The first-order valence-corrected chi connectivity index (χ1v) is 10.8. The zero-order valence-corrected chi connectivity index (χ0v) is 18.4. The maximum atomic E-state index is 13.2. The van der Waals surface area contributed by atoms with Crippen LogP contribution in [0.2, 0.25) is 0 Å². The van der Waals surface area contributed by atoms with Gasteiger partial charge in [0.25, 0.3) is 0 Å². The van der Waals surface area contributed by atoms with Crippen LogP contribution in [-0.4, -0.2) is 63.8 Å². The first-order valence-electron chi connectivity index (χ1n) is 10.8. The van der Waals surface area contributed by atoms with Crippen LogP contribution in [0.15, 0.2) is 30.7 Å². The number of rotatable bonds is 8. The zero-order chi connectivity index (χ0) is 25.1. The average molecular weight is 504 g/mol. The Balaban J connectivity index is 1.39. The van der Waals surface area contributed by atoms with Gasteiger partial charge in [0.05, 0.1) is 32.2 Å². The van der Waals surface area contributed by atoms with Crippen LogP contribution in [-0.2, 0) is 17.5 Å². The molecule has 1 fully saturated rings. The quantitative estimate of drug-likeness (QED) is 0.338. The van der Waals surface area contributed by atoms with Crippen molar-refractivity contribution in [2.75, 3.05) is 37.8 Å². The molecule has 1 aliphatic heterocycles. The maximum Gasteiger partial charge on any atom is 0.437 e. The molecule has 4 heterocycles. The fourth-order valence-corrected chi connectivity index (χ4v) is 3.83. The van der Waals surface area contributed by atoms with Crippen molar-refractivity contribution in [2.45, 2.75) is 31.7 Å². The molecule has 3 aromatic heterocycles. The van der Waals surface area contributed by atoms with Crippen molar-refractivity contribution in [1.82, 2.24) is 24.7 Å². The lowest BCUT2D eigenvalue weighted by molar-refractivity contribution is -0.174. The van der Waals surface area contributed by atoms with Gasteiger partial charge in [-0.1, -0.05) is 0 Å². The predicted octanol–water partition coefficient (Wildman–Crippen LogP) is 4.11. The molecule has 190 valence electrons. The number of aromatic nitrogens is 5. The lowest BCUT2D eigenvalue weighted by atomic mass is 9.99. The van der Waals surface area contributed by atoms with Crippen molar-refractivity contribution in [3.63, 3.8) is 0 Å². The number of piperidine rings is 1. The van der Waals surface area contributed by atoms with Crippen LogP contribution in [0.1, 0.15) is 18.5 Å². The summed E-state index contributed by atoms with van der Waals surface area (Å²) < 4.78 is 87.8. The van der Waals surface area contributed by atoms with E-state index in [2.05, 4.69) is 24.8 Å². The summed E-state index contributed by atoms with van der Waals surface area (Å²) in [5, 5.41) is 4.12. The molecule has 1 atom stereocenters. The topological polar surface area (TPSA) is 78.2 Å². The molecule has 1 saturated heterocycles. The molecule has 0 amide bonds. The third kappa shape index (κ3) is 6.50. The number of hydrogen-bond acceptors (Lipinski definition) is 7. The van der Waals surface area contributed by atoms with E-state index in [1.165, 1.54) is 23.0 Å². The van der Waals surface area contributed by atoms with Crippen molar-refractivity contribution in [1.29, 1.82) is 0 Å². The second kappa shape index (κ2) is 10.2. The smallest absolute Gasteiger partial charge is 0.437 e. The summed E-state index contributed by atoms with van der Waals surface area (Å²) in [6.45, 7) is -0.232. The summed E-state index contributed by atoms with van der Waals surface area (Å²) in [6, 6.07) is 2.63. The molecule has 14 heteroatoms. The Morgan fingerprint density at radius 3 is 2.69 bits per heavy atom. The van der Waals surface area contributed by atoms with Gasteiger partial charge in [-0.3, -0.25) is 0 Å². The van der Waals surface area contributed by atoms with Gasteiger partial charge in [0, 0.05) is 25.2 Å². The summed E-state index contributed by atoms with van der Waals surface area (Å²) in [5.74, 6) is 0.177. The zero-order valence-electron chi connectivity index (χ0n) is 18.4. The van der Waals surface area contributed by atoms with Gasteiger partial charge in [0.1, 0.15) is 23.7 Å². The molecule has 1 aliphatic rings. The Morgan fingerprint density at radius 2 is 1.91 bits per heavy atom. The second-order valence-electron chi connectivity index (χ2n) is 8.09. The second-order valence-corrected chi connectivity index (χ2v) is 8.09. The van der Waals surface area contributed by atoms with Gasteiger partial charge in [-0.2, -0.15) is 31.4 Å². The molecule has 8 nitrogen and oxygen atoms in total. The Bertz CT molecular complexity index is 1140. The molecule has 35 heavy (non-hydrogen) atoms. The van der Waals surface area contributed by atoms with Crippen LogP contribution in [0.25, 0.3) is 11.2 Å². The molecule has 0 saturated carbocycles. The molecule has 0 N–H and O–H groups in total. The minimum absolute atomic E-state index is 0.0526. The largest absolute Gasteiger partial charge is 0.491 e. The summed E-state index contributed by atoms with van der Waals surface area (Å²) in [7, 11) is 0. The highest BCUT2D eigenvalue weighted by Gasteiger charge is 2.36. The highest BCUT2D eigenvalue weighted by Crippen LogP contribution is 2.34. The number of anilines is 1. The average Bonchev–Trinajstić information content (AvgIpc) is 3.22. The number of fused-ring (bicyclic) bond motifs is 1. The molecule has 1 unspecified atom stereocenters. The van der Waals surface area contributed by atoms with E-state index in [1.807, 2.05) is 4.90 Å². The van der Waals surface area contributed by atoms with Crippen LogP contribution in [0.5, 0.6) is 5.75 Å². The number of hydrogen-bond donors (Lipinski definition) is 0. The van der Waals surface area contributed by atoms with Crippen LogP contribution < -0.4 is 9.64 Å². The van der Waals surface area contributed by atoms with E-state index in [-0.39, 0.29) is 31.4 Å². The van der Waals surface area contributed by atoms with E-state index in [1.54, 1.807) is 6.20 Å². The van der Waals surface area contributed by atoms with Crippen molar-refractivity contribution in [3.8, 4) is 5.75 Å². The minimum Gasteiger partial charge on any atom is -0.491 e. The van der Waals surface area contributed by atoms with Gasteiger partial charge < -0.3 is 14.4 Å². The van der Waals surface area contributed by atoms with Crippen molar-refractivity contribution in [3.05, 3.63) is 36.4 Å². The predicted molar refractivity (Wildman–Crippen MR) is 112 cm³/mol. The summed E-state index contributed by atoms with van der Waals surface area (Å²) in [4.78, 5) is 14.3. The number of pyridine rings is 1. The van der Waals surface area contributed by atoms with Crippen molar-refractivity contribution >= 4 is 17.0 Å². The SMILES string of the molecule is FC(F)(F)COCCn1ncc2ncc(N3CCCC(COc4cccnc4C(F)(F)F)C3)nc21. The maximum absolute atomic E-state index is 13.2. The van der Waals surface area contributed by atoms with Gasteiger partial charge in [0.2, 0.25) is 0 Å². The van der Waals surface area contributed by atoms with E-state index < -0.39 is 24.7 Å². The van der Waals surface area contributed by atoms with Gasteiger partial charge in [0.15, 0.2) is 11.3 Å². The van der Waals surface area contributed by atoms with E-state index in [4.69, 9.17) is 4.74 Å². The lowest BCUT2D eigenvalue weighted by Gasteiger charge is -2.33. The normalized spacial score (nSPS) is 17.2. The highest BCUT2D eigenvalue weighted by atomic mass is 19.4. The van der Waals surface area contributed by atoms with E-state index in [9.17, 15) is 26.3 Å². The van der Waals surface area contributed by atoms with E-state index in [0.29, 0.717) is 30.1 Å². The first-order chi connectivity index (χ1) is 16.6. The molecule has 0 spiro atoms. The van der Waals surface area contributed by atoms with Crippen molar-refractivity contribution < 1.29 is 35.8 Å². The van der Waals surface area contributed by atoms with Crippen LogP contribution in [0.3, 0.4) is 0 Å². The van der Waals surface area contributed by atoms with Crippen LogP contribution in [0, 0.1) is 5.92 Å². The number of alkyl halides is 6. The highest BCUT2D eigenvalue weighted by molar-refractivity contribution is 5.71. The minimum atomic E-state index is -4.61. The Hall–Kier alpha value is -3.16. The molecule has 0 aromatic carbocycles. The number of nitrogens with zero attached hydrogens (tertiary/aromatic N) is 6. The molecule has 0 bridgehead atoms. The molecule has 0 aliphatic carbocycles. The summed E-state index contributed by atoms with van der Waals surface area (Å²) >= 11 is 0. The molecule has 4 rings (SSSR count). The Labute approximate surface area is 195 Å². The molecule has 3 aromatic rings. The first kappa shape index (κ1) is 24.9.